The number of hydrogen-bond donors (Lipinski definition) is 1. The minimum atomic E-state index is 0.210. The summed E-state index contributed by atoms with van der Waals surface area (Å²) in [4.78, 5) is 0. The Morgan fingerprint density at radius 3 is 2.63 bits per heavy atom. The fourth-order valence-electron chi connectivity index (χ4n) is 1.76. The summed E-state index contributed by atoms with van der Waals surface area (Å²) in [7, 11) is 1.92. The molecular formula is C15H15BrClNO. The van der Waals surface area contributed by atoms with E-state index in [2.05, 4.69) is 28.2 Å². The Morgan fingerprint density at radius 1 is 1.16 bits per heavy atom. The van der Waals surface area contributed by atoms with E-state index in [1.807, 2.05) is 49.5 Å². The van der Waals surface area contributed by atoms with Crippen molar-refractivity contribution >= 4 is 27.5 Å². The summed E-state index contributed by atoms with van der Waals surface area (Å²) in [6, 6.07) is 13.7. The highest BCUT2D eigenvalue weighted by Gasteiger charge is 2.11. The summed E-state index contributed by atoms with van der Waals surface area (Å²) < 4.78 is 6.88. The molecule has 0 spiro atoms. The van der Waals surface area contributed by atoms with Gasteiger partial charge in [0.05, 0.1) is 5.02 Å². The number of benzene rings is 2. The minimum Gasteiger partial charge on any atom is -0.455 e. The summed E-state index contributed by atoms with van der Waals surface area (Å²) >= 11 is 9.57. The van der Waals surface area contributed by atoms with Gasteiger partial charge >= 0.3 is 0 Å². The molecule has 0 bridgehead atoms. The molecule has 100 valence electrons. The Hall–Kier alpha value is -1.03. The van der Waals surface area contributed by atoms with Gasteiger partial charge in [0.15, 0.2) is 0 Å². The van der Waals surface area contributed by atoms with Crippen LogP contribution in [0.15, 0.2) is 46.9 Å². The number of hydrogen-bond acceptors (Lipinski definition) is 2. The average molecular weight is 341 g/mol. The van der Waals surface area contributed by atoms with E-state index in [9.17, 15) is 0 Å². The van der Waals surface area contributed by atoms with Crippen LogP contribution in [0, 0.1) is 0 Å². The maximum absolute atomic E-state index is 6.15. The Kier molecular flexibility index (Phi) is 4.86. The van der Waals surface area contributed by atoms with Crippen molar-refractivity contribution in [2.24, 2.45) is 0 Å². The zero-order chi connectivity index (χ0) is 13.8. The minimum absolute atomic E-state index is 0.210. The third-order valence-electron chi connectivity index (χ3n) is 2.93. The van der Waals surface area contributed by atoms with Crippen molar-refractivity contribution in [3.63, 3.8) is 0 Å². The molecule has 0 saturated heterocycles. The molecule has 19 heavy (non-hydrogen) atoms. The quantitative estimate of drug-likeness (QED) is 0.828. The Balaban J connectivity index is 2.35. The van der Waals surface area contributed by atoms with Crippen LogP contribution >= 0.6 is 27.5 Å². The summed E-state index contributed by atoms with van der Waals surface area (Å²) in [5.41, 5.74) is 1.10. The van der Waals surface area contributed by atoms with Crippen molar-refractivity contribution in [1.29, 1.82) is 0 Å². The third-order valence-corrected chi connectivity index (χ3v) is 3.74. The van der Waals surface area contributed by atoms with Gasteiger partial charge in [-0.25, -0.2) is 0 Å². The molecule has 0 amide bonds. The van der Waals surface area contributed by atoms with Gasteiger partial charge in [-0.15, -0.1) is 0 Å². The molecule has 0 aliphatic rings. The third kappa shape index (κ3) is 3.50. The van der Waals surface area contributed by atoms with Crippen LogP contribution in [0.3, 0.4) is 0 Å². The SMILES string of the molecule is CNC(C)c1ccccc1Oc1cc(Br)ccc1Cl. The lowest BCUT2D eigenvalue weighted by Gasteiger charge is -2.16. The Labute approximate surface area is 126 Å². The van der Waals surface area contributed by atoms with E-state index in [-0.39, 0.29) is 6.04 Å². The molecule has 0 aromatic heterocycles. The summed E-state index contributed by atoms with van der Waals surface area (Å²) in [5, 5.41) is 3.80. The second-order valence-electron chi connectivity index (χ2n) is 4.22. The molecule has 0 aliphatic heterocycles. The molecule has 0 heterocycles. The maximum atomic E-state index is 6.15. The van der Waals surface area contributed by atoms with Crippen LogP contribution in [0.2, 0.25) is 5.02 Å². The molecule has 2 nitrogen and oxygen atoms in total. The van der Waals surface area contributed by atoms with E-state index >= 15 is 0 Å². The van der Waals surface area contributed by atoms with Gasteiger partial charge in [0.1, 0.15) is 11.5 Å². The van der Waals surface area contributed by atoms with E-state index < -0.39 is 0 Å². The van der Waals surface area contributed by atoms with Crippen molar-refractivity contribution in [3.8, 4) is 11.5 Å². The molecule has 1 atom stereocenters. The molecule has 4 heteroatoms. The zero-order valence-electron chi connectivity index (χ0n) is 10.8. The first kappa shape index (κ1) is 14.4. The molecule has 0 saturated carbocycles. The van der Waals surface area contributed by atoms with Gasteiger partial charge in [0, 0.05) is 16.1 Å². The van der Waals surface area contributed by atoms with E-state index in [1.165, 1.54) is 0 Å². The first-order valence-electron chi connectivity index (χ1n) is 6.01. The Bertz CT molecular complexity index is 574. The van der Waals surface area contributed by atoms with Crippen LogP contribution in [-0.4, -0.2) is 7.05 Å². The highest BCUT2D eigenvalue weighted by atomic mass is 79.9. The van der Waals surface area contributed by atoms with Gasteiger partial charge in [-0.1, -0.05) is 45.7 Å². The molecule has 0 aliphatic carbocycles. The van der Waals surface area contributed by atoms with Gasteiger partial charge in [-0.3, -0.25) is 0 Å². The molecule has 1 N–H and O–H groups in total. The van der Waals surface area contributed by atoms with E-state index in [1.54, 1.807) is 0 Å². The standard InChI is InChI=1S/C15H15BrClNO/c1-10(18-2)12-5-3-4-6-14(12)19-15-9-11(16)7-8-13(15)17/h3-10,18H,1-2H3. The normalized spacial score (nSPS) is 12.2. The molecule has 0 radical (unpaired) electrons. The number of ether oxygens (including phenoxy) is 1. The maximum Gasteiger partial charge on any atom is 0.147 e. The number of para-hydroxylation sites is 1. The largest absolute Gasteiger partial charge is 0.455 e. The predicted octanol–water partition coefficient (Wildman–Crippen LogP) is 5.18. The summed E-state index contributed by atoms with van der Waals surface area (Å²) in [6.45, 7) is 2.09. The zero-order valence-corrected chi connectivity index (χ0v) is 13.1. The van der Waals surface area contributed by atoms with Crippen LogP contribution in [0.25, 0.3) is 0 Å². The molecular weight excluding hydrogens is 326 g/mol. The Morgan fingerprint density at radius 2 is 1.89 bits per heavy atom. The lowest BCUT2D eigenvalue weighted by molar-refractivity contribution is 0.466. The van der Waals surface area contributed by atoms with Crippen molar-refractivity contribution in [2.75, 3.05) is 7.05 Å². The average Bonchev–Trinajstić information content (AvgIpc) is 2.42. The van der Waals surface area contributed by atoms with Gasteiger partial charge in [0.25, 0.3) is 0 Å². The predicted molar refractivity (Wildman–Crippen MR) is 83.1 cm³/mol. The molecule has 1 unspecified atom stereocenters. The molecule has 2 rings (SSSR count). The topological polar surface area (TPSA) is 21.3 Å². The van der Waals surface area contributed by atoms with Gasteiger partial charge < -0.3 is 10.1 Å². The summed E-state index contributed by atoms with van der Waals surface area (Å²) in [5.74, 6) is 1.45. The van der Waals surface area contributed by atoms with Crippen LogP contribution in [0.5, 0.6) is 11.5 Å². The fourth-order valence-corrected chi connectivity index (χ4v) is 2.26. The lowest BCUT2D eigenvalue weighted by Crippen LogP contribution is -2.13. The molecule has 2 aromatic carbocycles. The first-order chi connectivity index (χ1) is 9.11. The number of nitrogens with one attached hydrogen (secondary N) is 1. The van der Waals surface area contributed by atoms with Crippen LogP contribution in [0.4, 0.5) is 0 Å². The monoisotopic (exact) mass is 339 g/mol. The van der Waals surface area contributed by atoms with E-state index in [4.69, 9.17) is 16.3 Å². The molecule has 0 fully saturated rings. The van der Waals surface area contributed by atoms with Crippen molar-refractivity contribution in [1.82, 2.24) is 5.32 Å². The highest BCUT2D eigenvalue weighted by molar-refractivity contribution is 9.10. The molecule has 2 aromatic rings. The number of rotatable bonds is 4. The lowest BCUT2D eigenvalue weighted by atomic mass is 10.1. The van der Waals surface area contributed by atoms with Gasteiger partial charge in [-0.2, -0.15) is 0 Å². The van der Waals surface area contributed by atoms with Crippen LogP contribution < -0.4 is 10.1 Å². The van der Waals surface area contributed by atoms with Gasteiger partial charge in [-0.05, 0) is 38.2 Å². The van der Waals surface area contributed by atoms with Crippen molar-refractivity contribution in [3.05, 3.63) is 57.5 Å². The smallest absolute Gasteiger partial charge is 0.147 e. The number of halogens is 2. The van der Waals surface area contributed by atoms with E-state index in [0.717, 1.165) is 15.8 Å². The first-order valence-corrected chi connectivity index (χ1v) is 7.18. The fraction of sp³-hybridized carbons (Fsp3) is 0.200. The second-order valence-corrected chi connectivity index (χ2v) is 5.55. The summed E-state index contributed by atoms with van der Waals surface area (Å²) in [6.07, 6.45) is 0. The van der Waals surface area contributed by atoms with Gasteiger partial charge in [0.2, 0.25) is 0 Å². The van der Waals surface area contributed by atoms with Crippen LogP contribution in [0.1, 0.15) is 18.5 Å². The van der Waals surface area contributed by atoms with Crippen molar-refractivity contribution in [2.45, 2.75) is 13.0 Å². The van der Waals surface area contributed by atoms with Crippen molar-refractivity contribution < 1.29 is 4.74 Å². The van der Waals surface area contributed by atoms with Crippen LogP contribution in [-0.2, 0) is 0 Å². The van der Waals surface area contributed by atoms with E-state index in [0.29, 0.717) is 10.8 Å². The highest BCUT2D eigenvalue weighted by Crippen LogP contribution is 2.35. The second kappa shape index (κ2) is 6.42.